The topological polar surface area (TPSA) is 75.5 Å². The molecule has 3 aromatic rings. The molecule has 2 N–H and O–H groups in total. The van der Waals surface area contributed by atoms with Crippen LogP contribution in [0.5, 0.6) is 0 Å². The molecule has 0 aliphatic heterocycles. The fourth-order valence-corrected chi connectivity index (χ4v) is 2.76. The predicted octanol–water partition coefficient (Wildman–Crippen LogP) is 2.72. The van der Waals surface area contributed by atoms with E-state index in [9.17, 15) is 14.0 Å². The first-order valence-corrected chi connectivity index (χ1v) is 8.77. The minimum atomic E-state index is -0.348. The highest BCUT2D eigenvalue weighted by molar-refractivity contribution is 5.95. The number of rotatable bonds is 6. The summed E-state index contributed by atoms with van der Waals surface area (Å²) in [6.45, 7) is 3.81. The van der Waals surface area contributed by atoms with E-state index in [1.807, 2.05) is 25.1 Å². The van der Waals surface area contributed by atoms with E-state index in [4.69, 9.17) is 0 Å². The van der Waals surface area contributed by atoms with Gasteiger partial charge in [0, 0.05) is 24.3 Å². The first-order chi connectivity index (χ1) is 13.0. The third kappa shape index (κ3) is 4.13. The van der Waals surface area contributed by atoms with Crippen molar-refractivity contribution < 1.29 is 14.0 Å². The Balaban J connectivity index is 1.62. The van der Waals surface area contributed by atoms with Crippen LogP contribution in [0.15, 0.2) is 48.8 Å². The van der Waals surface area contributed by atoms with Crippen molar-refractivity contribution in [2.75, 3.05) is 6.54 Å². The Morgan fingerprint density at radius 3 is 2.78 bits per heavy atom. The summed E-state index contributed by atoms with van der Waals surface area (Å²) in [6, 6.07) is 9.48. The number of nitrogens with one attached hydrogen (secondary N) is 2. The minimum Gasteiger partial charge on any atom is -0.349 e. The number of pyridine rings is 1. The third-order valence-electron chi connectivity index (χ3n) is 4.41. The van der Waals surface area contributed by atoms with Crippen molar-refractivity contribution in [2.24, 2.45) is 0 Å². The number of nitrogens with zero attached hydrogens (tertiary/aromatic N) is 2. The number of carbonyl (C=O) groups is 2. The number of hydrogen-bond acceptors (Lipinski definition) is 3. The van der Waals surface area contributed by atoms with Crippen LogP contribution in [0.2, 0.25) is 0 Å². The molecule has 0 radical (unpaired) electrons. The van der Waals surface area contributed by atoms with Crippen molar-refractivity contribution in [1.29, 1.82) is 0 Å². The summed E-state index contributed by atoms with van der Waals surface area (Å²) >= 11 is 0. The lowest BCUT2D eigenvalue weighted by atomic mass is 10.1. The molecule has 1 unspecified atom stereocenters. The molecule has 2 aromatic heterocycles. The Kier molecular flexibility index (Phi) is 5.49. The molecule has 6 nitrogen and oxygen atoms in total. The normalized spacial score (nSPS) is 12.0. The van der Waals surface area contributed by atoms with Gasteiger partial charge in [-0.2, -0.15) is 0 Å². The van der Waals surface area contributed by atoms with Crippen LogP contribution >= 0.6 is 0 Å². The van der Waals surface area contributed by atoms with Crippen molar-refractivity contribution in [1.82, 2.24) is 20.0 Å². The second kappa shape index (κ2) is 7.99. The van der Waals surface area contributed by atoms with Gasteiger partial charge in [-0.25, -0.2) is 9.37 Å². The van der Waals surface area contributed by atoms with E-state index in [1.54, 1.807) is 17.5 Å². The molecule has 2 amide bonds. The van der Waals surface area contributed by atoms with Crippen molar-refractivity contribution in [3.63, 3.8) is 0 Å². The molecule has 140 valence electrons. The lowest BCUT2D eigenvalue weighted by molar-refractivity contribution is 0.0905. The number of carbonyl (C=O) groups excluding carboxylic acids is 2. The Bertz CT molecular complexity index is 983. The standard InChI is InChI=1S/C20H21FN4O2/c1-3-15(24-19(26)14-7-8-16(21)13(2)10-14)11-23-20(27)17-12-22-18-6-4-5-9-25(17)18/h4-10,12,15H,3,11H2,1-2H3,(H,23,27)(H,24,26). The van der Waals surface area contributed by atoms with Gasteiger partial charge >= 0.3 is 0 Å². The maximum absolute atomic E-state index is 13.4. The Labute approximate surface area is 156 Å². The van der Waals surface area contributed by atoms with E-state index in [0.29, 0.717) is 28.9 Å². The molecule has 2 heterocycles. The summed E-state index contributed by atoms with van der Waals surface area (Å²) in [5.41, 5.74) is 1.92. The predicted molar refractivity (Wildman–Crippen MR) is 100 cm³/mol. The van der Waals surface area contributed by atoms with Crippen molar-refractivity contribution in [3.05, 3.63) is 71.4 Å². The second-order valence-corrected chi connectivity index (χ2v) is 6.32. The van der Waals surface area contributed by atoms with Gasteiger partial charge in [-0.05, 0) is 49.2 Å². The monoisotopic (exact) mass is 368 g/mol. The third-order valence-corrected chi connectivity index (χ3v) is 4.41. The van der Waals surface area contributed by atoms with Gasteiger partial charge in [0.1, 0.15) is 17.2 Å². The Morgan fingerprint density at radius 1 is 1.22 bits per heavy atom. The van der Waals surface area contributed by atoms with Gasteiger partial charge < -0.3 is 10.6 Å². The van der Waals surface area contributed by atoms with E-state index >= 15 is 0 Å². The molecular weight excluding hydrogens is 347 g/mol. The lowest BCUT2D eigenvalue weighted by Gasteiger charge is -2.18. The molecule has 1 atom stereocenters. The molecule has 0 saturated carbocycles. The van der Waals surface area contributed by atoms with Crippen LogP contribution in [0.1, 0.15) is 39.8 Å². The molecule has 0 bridgehead atoms. The average molecular weight is 368 g/mol. The molecule has 1 aromatic carbocycles. The summed E-state index contributed by atoms with van der Waals surface area (Å²) in [5.74, 6) is -0.910. The van der Waals surface area contributed by atoms with Crippen LogP contribution in [0, 0.1) is 12.7 Å². The average Bonchev–Trinajstić information content (AvgIpc) is 3.11. The smallest absolute Gasteiger partial charge is 0.269 e. The Morgan fingerprint density at radius 2 is 2.04 bits per heavy atom. The number of fused-ring (bicyclic) bond motifs is 1. The van der Waals surface area contributed by atoms with Gasteiger partial charge in [-0.15, -0.1) is 0 Å². The van der Waals surface area contributed by atoms with Crippen LogP contribution in [0.25, 0.3) is 5.65 Å². The van der Waals surface area contributed by atoms with E-state index in [1.165, 1.54) is 24.4 Å². The zero-order chi connectivity index (χ0) is 19.4. The number of halogens is 1. The number of hydrogen-bond donors (Lipinski definition) is 2. The lowest BCUT2D eigenvalue weighted by Crippen LogP contribution is -2.43. The number of imidazole rings is 1. The fraction of sp³-hybridized carbons (Fsp3) is 0.250. The van der Waals surface area contributed by atoms with Gasteiger partial charge in [0.05, 0.1) is 6.20 Å². The summed E-state index contributed by atoms with van der Waals surface area (Å²) in [4.78, 5) is 29.0. The van der Waals surface area contributed by atoms with Crippen LogP contribution in [0.4, 0.5) is 4.39 Å². The molecule has 0 aliphatic rings. The summed E-state index contributed by atoms with van der Waals surface area (Å²) in [5, 5.41) is 5.70. The highest BCUT2D eigenvalue weighted by Crippen LogP contribution is 2.10. The maximum atomic E-state index is 13.4. The summed E-state index contributed by atoms with van der Waals surface area (Å²) in [7, 11) is 0. The van der Waals surface area contributed by atoms with Crippen LogP contribution in [-0.4, -0.2) is 33.8 Å². The molecule has 27 heavy (non-hydrogen) atoms. The maximum Gasteiger partial charge on any atom is 0.269 e. The number of amides is 2. The first kappa shape index (κ1) is 18.6. The zero-order valence-electron chi connectivity index (χ0n) is 15.2. The van der Waals surface area contributed by atoms with E-state index < -0.39 is 0 Å². The SMILES string of the molecule is CCC(CNC(=O)c1cnc2ccccn12)NC(=O)c1ccc(F)c(C)c1. The quantitative estimate of drug-likeness (QED) is 0.702. The van der Waals surface area contributed by atoms with Crippen molar-refractivity contribution >= 4 is 17.5 Å². The van der Waals surface area contributed by atoms with Crippen molar-refractivity contribution in [3.8, 4) is 0 Å². The van der Waals surface area contributed by atoms with Gasteiger partial charge in [0.25, 0.3) is 11.8 Å². The van der Waals surface area contributed by atoms with Crippen molar-refractivity contribution in [2.45, 2.75) is 26.3 Å². The van der Waals surface area contributed by atoms with Gasteiger partial charge in [0.15, 0.2) is 0 Å². The molecule has 0 spiro atoms. The molecule has 0 saturated heterocycles. The fourth-order valence-electron chi connectivity index (χ4n) is 2.76. The number of benzene rings is 1. The van der Waals surface area contributed by atoms with Gasteiger partial charge in [0.2, 0.25) is 0 Å². The van der Waals surface area contributed by atoms with E-state index in [-0.39, 0.29) is 30.2 Å². The summed E-state index contributed by atoms with van der Waals surface area (Å²) < 4.78 is 15.1. The second-order valence-electron chi connectivity index (χ2n) is 6.32. The van der Waals surface area contributed by atoms with E-state index in [0.717, 1.165) is 0 Å². The molecule has 7 heteroatoms. The minimum absolute atomic E-state index is 0.244. The molecule has 0 fully saturated rings. The molecule has 3 rings (SSSR count). The highest BCUT2D eigenvalue weighted by Gasteiger charge is 2.16. The van der Waals surface area contributed by atoms with Crippen LogP contribution in [-0.2, 0) is 0 Å². The van der Waals surface area contributed by atoms with Crippen LogP contribution < -0.4 is 10.6 Å². The summed E-state index contributed by atoms with van der Waals surface area (Å²) in [6.07, 6.45) is 3.93. The van der Waals surface area contributed by atoms with Crippen LogP contribution in [0.3, 0.4) is 0 Å². The molecular formula is C20H21FN4O2. The van der Waals surface area contributed by atoms with Gasteiger partial charge in [-0.3, -0.25) is 14.0 Å². The number of aromatic nitrogens is 2. The first-order valence-electron chi connectivity index (χ1n) is 8.77. The van der Waals surface area contributed by atoms with Gasteiger partial charge in [-0.1, -0.05) is 13.0 Å². The molecule has 0 aliphatic carbocycles. The van der Waals surface area contributed by atoms with E-state index in [2.05, 4.69) is 15.6 Å². The Hall–Kier alpha value is -3.22. The zero-order valence-corrected chi connectivity index (χ0v) is 15.2. The largest absolute Gasteiger partial charge is 0.349 e. The number of aryl methyl sites for hydroxylation is 1. The highest BCUT2D eigenvalue weighted by atomic mass is 19.1.